The molecule has 8 heteroatoms. The second kappa shape index (κ2) is 7.21. The first-order valence-electron chi connectivity index (χ1n) is 8.90. The topological polar surface area (TPSA) is 67.8 Å². The van der Waals surface area contributed by atoms with Gasteiger partial charge in [-0.1, -0.05) is 0 Å². The van der Waals surface area contributed by atoms with Crippen molar-refractivity contribution in [1.82, 2.24) is 14.9 Å². The van der Waals surface area contributed by atoms with E-state index in [4.69, 9.17) is 9.47 Å². The van der Waals surface area contributed by atoms with Crippen LogP contribution < -0.4 is 4.90 Å². The van der Waals surface area contributed by atoms with E-state index in [1.807, 2.05) is 6.07 Å². The van der Waals surface area contributed by atoms with Crippen LogP contribution in [0, 0.1) is 5.92 Å². The molecule has 1 amide bonds. The van der Waals surface area contributed by atoms with Gasteiger partial charge in [0.05, 0.1) is 26.4 Å². The monoisotopic (exact) mass is 350 g/mol. The number of hydrogen-bond donors (Lipinski definition) is 0. The summed E-state index contributed by atoms with van der Waals surface area (Å²) in [5.74, 6) is 1.23. The minimum Gasteiger partial charge on any atom is -0.378 e. The zero-order chi connectivity index (χ0) is 17.2. The molecule has 0 radical (unpaired) electrons. The van der Waals surface area contributed by atoms with Crippen LogP contribution in [-0.4, -0.2) is 73.0 Å². The highest BCUT2D eigenvalue weighted by Crippen LogP contribution is 2.34. The number of aromatic nitrogens is 2. The Bertz CT molecular complexity index is 620. The van der Waals surface area contributed by atoms with Crippen molar-refractivity contribution in [3.63, 3.8) is 0 Å². The molecular formula is C17H23FN4O3. The Morgan fingerprint density at radius 1 is 1.16 bits per heavy atom. The van der Waals surface area contributed by atoms with Crippen LogP contribution >= 0.6 is 0 Å². The molecule has 7 nitrogen and oxygen atoms in total. The summed E-state index contributed by atoms with van der Waals surface area (Å²) in [6, 6.07) is 1.57. The second-order valence-electron chi connectivity index (χ2n) is 6.76. The molecule has 0 spiro atoms. The van der Waals surface area contributed by atoms with E-state index in [1.54, 1.807) is 11.1 Å². The van der Waals surface area contributed by atoms with Gasteiger partial charge in [-0.2, -0.15) is 0 Å². The number of carbonyl (C=O) groups excluding carboxylic acids is 1. The molecular weight excluding hydrogens is 327 g/mol. The Morgan fingerprint density at radius 2 is 1.92 bits per heavy atom. The van der Waals surface area contributed by atoms with Crippen LogP contribution in [0.4, 0.5) is 10.2 Å². The van der Waals surface area contributed by atoms with Crippen LogP contribution in [0.25, 0.3) is 0 Å². The summed E-state index contributed by atoms with van der Waals surface area (Å²) >= 11 is 0. The van der Waals surface area contributed by atoms with Crippen molar-refractivity contribution in [2.75, 3.05) is 51.0 Å². The van der Waals surface area contributed by atoms with Crippen LogP contribution in [0.3, 0.4) is 0 Å². The maximum absolute atomic E-state index is 13.1. The third-order valence-electron chi connectivity index (χ3n) is 5.13. The molecule has 0 bridgehead atoms. The third kappa shape index (κ3) is 3.46. The molecule has 2 saturated heterocycles. The molecule has 1 saturated carbocycles. The van der Waals surface area contributed by atoms with Crippen LogP contribution in [0.2, 0.25) is 0 Å². The average Bonchev–Trinajstić information content (AvgIpc) is 2.66. The van der Waals surface area contributed by atoms with Crippen LogP contribution in [-0.2, 0) is 14.3 Å². The van der Waals surface area contributed by atoms with Crippen LogP contribution in [0.15, 0.2) is 12.3 Å². The molecule has 25 heavy (non-hydrogen) atoms. The summed E-state index contributed by atoms with van der Waals surface area (Å²) in [5.41, 5.74) is 0. The number of alkyl halides is 1. The molecule has 136 valence electrons. The van der Waals surface area contributed by atoms with Crippen LogP contribution in [0.5, 0.6) is 0 Å². The molecule has 0 aromatic carbocycles. The Labute approximate surface area is 146 Å². The number of nitrogens with zero attached hydrogens (tertiary/aromatic N) is 4. The van der Waals surface area contributed by atoms with E-state index in [0.717, 1.165) is 18.9 Å². The van der Waals surface area contributed by atoms with E-state index in [-0.39, 0.29) is 17.9 Å². The molecule has 2 aliphatic heterocycles. The van der Waals surface area contributed by atoms with Gasteiger partial charge in [-0.3, -0.25) is 4.79 Å². The van der Waals surface area contributed by atoms with Gasteiger partial charge in [-0.05, 0) is 18.9 Å². The average molecular weight is 350 g/mol. The number of anilines is 1. The van der Waals surface area contributed by atoms with E-state index in [1.165, 1.54) is 0 Å². The van der Waals surface area contributed by atoms with E-state index < -0.39 is 6.17 Å². The smallest absolute Gasteiger partial charge is 0.226 e. The second-order valence-corrected chi connectivity index (χ2v) is 6.76. The van der Waals surface area contributed by atoms with Crippen LogP contribution in [0.1, 0.15) is 24.7 Å². The zero-order valence-electron chi connectivity index (χ0n) is 14.1. The fraction of sp³-hybridized carbons (Fsp3) is 0.706. The highest BCUT2D eigenvalue weighted by atomic mass is 19.1. The van der Waals surface area contributed by atoms with Crippen molar-refractivity contribution in [2.24, 2.45) is 5.92 Å². The number of carbonyl (C=O) groups is 1. The molecule has 0 unspecified atom stereocenters. The minimum absolute atomic E-state index is 0.00238. The minimum atomic E-state index is -0.839. The van der Waals surface area contributed by atoms with Gasteiger partial charge in [-0.15, -0.1) is 0 Å². The zero-order valence-corrected chi connectivity index (χ0v) is 14.1. The SMILES string of the molecule is O=C(C1CC(F)C1)N1CCOC[C@@H]1c1nccc(N2CCOCC2)n1. The fourth-order valence-corrected chi connectivity index (χ4v) is 3.56. The van der Waals surface area contributed by atoms with Crippen molar-refractivity contribution >= 4 is 11.7 Å². The van der Waals surface area contributed by atoms with Gasteiger partial charge >= 0.3 is 0 Å². The largest absolute Gasteiger partial charge is 0.378 e. The van der Waals surface area contributed by atoms with Crippen molar-refractivity contribution in [2.45, 2.75) is 25.1 Å². The standard InChI is InChI=1S/C17H23FN4O3/c18-13-9-12(10-13)17(23)22-5-8-25-11-14(22)16-19-2-1-15(20-16)21-3-6-24-7-4-21/h1-2,12-14H,3-11H2/t12?,13?,14-/m1/s1. The lowest BCUT2D eigenvalue weighted by Gasteiger charge is -2.40. The Morgan fingerprint density at radius 3 is 2.68 bits per heavy atom. The number of morpholine rings is 2. The maximum atomic E-state index is 13.1. The molecule has 1 atom stereocenters. The molecule has 0 N–H and O–H groups in total. The molecule has 1 aromatic rings. The van der Waals surface area contributed by atoms with Crippen molar-refractivity contribution in [3.8, 4) is 0 Å². The predicted molar refractivity (Wildman–Crippen MR) is 88.0 cm³/mol. The van der Waals surface area contributed by atoms with Gasteiger partial charge in [0.25, 0.3) is 0 Å². The van der Waals surface area contributed by atoms with E-state index in [9.17, 15) is 9.18 Å². The van der Waals surface area contributed by atoms with E-state index in [2.05, 4.69) is 14.9 Å². The maximum Gasteiger partial charge on any atom is 0.226 e. The molecule has 3 heterocycles. The first kappa shape index (κ1) is 16.7. The van der Waals surface area contributed by atoms with Crippen molar-refractivity contribution in [3.05, 3.63) is 18.1 Å². The quantitative estimate of drug-likeness (QED) is 0.809. The number of hydrogen-bond acceptors (Lipinski definition) is 6. The van der Waals surface area contributed by atoms with E-state index in [0.29, 0.717) is 51.6 Å². The number of rotatable bonds is 3. The first-order chi connectivity index (χ1) is 12.2. The van der Waals surface area contributed by atoms with Gasteiger partial charge < -0.3 is 19.3 Å². The van der Waals surface area contributed by atoms with Gasteiger partial charge in [0.1, 0.15) is 18.0 Å². The highest BCUT2D eigenvalue weighted by molar-refractivity contribution is 5.80. The van der Waals surface area contributed by atoms with Gasteiger partial charge in [0, 0.05) is 31.7 Å². The molecule has 3 fully saturated rings. The molecule has 3 aliphatic rings. The summed E-state index contributed by atoms with van der Waals surface area (Å²) in [6.07, 6.45) is 1.55. The third-order valence-corrected chi connectivity index (χ3v) is 5.13. The fourth-order valence-electron chi connectivity index (χ4n) is 3.56. The normalized spacial score (nSPS) is 30.0. The molecule has 1 aliphatic carbocycles. The van der Waals surface area contributed by atoms with Crippen molar-refractivity contribution in [1.29, 1.82) is 0 Å². The summed E-state index contributed by atoms with van der Waals surface area (Å²) in [7, 11) is 0. The van der Waals surface area contributed by atoms with Gasteiger partial charge in [-0.25, -0.2) is 14.4 Å². The van der Waals surface area contributed by atoms with Crippen molar-refractivity contribution < 1.29 is 18.7 Å². The lowest BCUT2D eigenvalue weighted by atomic mass is 9.82. The first-order valence-corrected chi connectivity index (χ1v) is 8.90. The lowest BCUT2D eigenvalue weighted by Crippen LogP contribution is -2.49. The summed E-state index contributed by atoms with van der Waals surface area (Å²) in [6.45, 7) is 4.33. The Hall–Kier alpha value is -1.80. The number of amides is 1. The summed E-state index contributed by atoms with van der Waals surface area (Å²) < 4.78 is 24.1. The molecule has 1 aromatic heterocycles. The lowest BCUT2D eigenvalue weighted by molar-refractivity contribution is -0.149. The molecule has 4 rings (SSSR count). The Balaban J connectivity index is 1.52. The Kier molecular flexibility index (Phi) is 4.80. The van der Waals surface area contributed by atoms with Gasteiger partial charge in [0.2, 0.25) is 5.91 Å². The van der Waals surface area contributed by atoms with E-state index >= 15 is 0 Å². The number of halogens is 1. The number of ether oxygens (including phenoxy) is 2. The summed E-state index contributed by atoms with van der Waals surface area (Å²) in [5, 5.41) is 0. The highest BCUT2D eigenvalue weighted by Gasteiger charge is 2.41. The summed E-state index contributed by atoms with van der Waals surface area (Å²) in [4.78, 5) is 25.7. The van der Waals surface area contributed by atoms with Gasteiger partial charge in [0.15, 0.2) is 5.82 Å². The predicted octanol–water partition coefficient (Wildman–Crippen LogP) is 0.961.